The number of hydrogen-bond donors (Lipinski definition) is 1. The third-order valence-corrected chi connectivity index (χ3v) is 1.97. The molecule has 0 atom stereocenters. The average Bonchev–Trinajstić information content (AvgIpc) is 2.46. The summed E-state index contributed by atoms with van der Waals surface area (Å²) < 4.78 is 25.9. The number of carbonyl (C=O) groups is 1. The Morgan fingerprint density at radius 3 is 2.62 bits per heavy atom. The Balaban J connectivity index is 2.70. The lowest BCUT2D eigenvalue weighted by Gasteiger charge is -2.09. The van der Waals surface area contributed by atoms with E-state index >= 15 is 0 Å². The number of halogens is 2. The van der Waals surface area contributed by atoms with Gasteiger partial charge in [0.05, 0.1) is 0 Å². The first-order valence-electron chi connectivity index (χ1n) is 5.02. The van der Waals surface area contributed by atoms with Crippen molar-refractivity contribution in [1.29, 1.82) is 0 Å². The van der Waals surface area contributed by atoms with Crippen molar-refractivity contribution in [1.82, 2.24) is 15.1 Å². The fraction of sp³-hybridized carbons (Fsp3) is 0.600. The second kappa shape index (κ2) is 5.05. The number of rotatable bonds is 4. The third kappa shape index (κ3) is 3.29. The van der Waals surface area contributed by atoms with Crippen LogP contribution in [0.1, 0.15) is 31.7 Å². The summed E-state index contributed by atoms with van der Waals surface area (Å²) in [6.45, 7) is 5.27. The molecule has 4 nitrogen and oxygen atoms in total. The predicted molar refractivity (Wildman–Crippen MR) is 55.2 cm³/mol. The van der Waals surface area contributed by atoms with Crippen molar-refractivity contribution in [3.63, 3.8) is 0 Å². The topological polar surface area (TPSA) is 46.9 Å². The van der Waals surface area contributed by atoms with Crippen molar-refractivity contribution >= 4 is 5.91 Å². The highest BCUT2D eigenvalue weighted by Gasteiger charge is 2.15. The van der Waals surface area contributed by atoms with Crippen LogP contribution >= 0.6 is 0 Å². The Hall–Kier alpha value is -1.46. The van der Waals surface area contributed by atoms with Crippen LogP contribution in [-0.2, 0) is 11.3 Å². The van der Waals surface area contributed by atoms with Gasteiger partial charge in [-0.15, -0.1) is 0 Å². The monoisotopic (exact) mass is 231 g/mol. The molecule has 0 aliphatic heterocycles. The van der Waals surface area contributed by atoms with Crippen molar-refractivity contribution in [2.24, 2.45) is 0 Å². The van der Waals surface area contributed by atoms with Gasteiger partial charge in [0.15, 0.2) is 0 Å². The van der Waals surface area contributed by atoms with E-state index < -0.39 is 6.43 Å². The first-order chi connectivity index (χ1) is 7.40. The molecule has 0 unspecified atom stereocenters. The van der Waals surface area contributed by atoms with E-state index in [1.807, 2.05) is 13.8 Å². The maximum atomic E-state index is 12.3. The molecule has 0 aliphatic carbocycles. The lowest BCUT2D eigenvalue weighted by molar-refractivity contribution is -0.122. The number of nitrogens with zero attached hydrogens (tertiary/aromatic N) is 2. The minimum atomic E-state index is -2.60. The van der Waals surface area contributed by atoms with Crippen LogP contribution < -0.4 is 5.32 Å². The average molecular weight is 231 g/mol. The van der Waals surface area contributed by atoms with Crippen LogP contribution in [0.15, 0.2) is 6.07 Å². The molecule has 1 rings (SSSR count). The van der Waals surface area contributed by atoms with Gasteiger partial charge in [0.2, 0.25) is 5.91 Å². The second-order valence-electron chi connectivity index (χ2n) is 3.89. The van der Waals surface area contributed by atoms with Crippen LogP contribution in [0.5, 0.6) is 0 Å². The molecular formula is C10H15F2N3O. The molecule has 0 saturated heterocycles. The molecule has 0 aliphatic rings. The van der Waals surface area contributed by atoms with Gasteiger partial charge in [0, 0.05) is 11.7 Å². The van der Waals surface area contributed by atoms with Crippen molar-refractivity contribution in [3.8, 4) is 0 Å². The predicted octanol–water partition coefficient (Wildman–Crippen LogP) is 1.65. The molecule has 1 aromatic heterocycles. The molecule has 16 heavy (non-hydrogen) atoms. The zero-order valence-electron chi connectivity index (χ0n) is 9.50. The summed E-state index contributed by atoms with van der Waals surface area (Å²) in [6.07, 6.45) is -2.60. The number of carbonyl (C=O) groups excluding carboxylic acids is 1. The maximum absolute atomic E-state index is 12.3. The van der Waals surface area contributed by atoms with Crippen molar-refractivity contribution in [2.75, 3.05) is 0 Å². The van der Waals surface area contributed by atoms with E-state index in [9.17, 15) is 13.6 Å². The van der Waals surface area contributed by atoms with Gasteiger partial charge in [-0.3, -0.25) is 9.48 Å². The van der Waals surface area contributed by atoms with Gasteiger partial charge in [0.25, 0.3) is 6.43 Å². The lowest BCUT2D eigenvalue weighted by atomic mass is 10.3. The first kappa shape index (κ1) is 12.6. The minimum absolute atomic E-state index is 0.0259. The molecule has 0 bridgehead atoms. The summed E-state index contributed by atoms with van der Waals surface area (Å²) >= 11 is 0. The van der Waals surface area contributed by atoms with E-state index in [2.05, 4.69) is 10.4 Å². The largest absolute Gasteiger partial charge is 0.352 e. The van der Waals surface area contributed by atoms with E-state index in [-0.39, 0.29) is 24.2 Å². The Morgan fingerprint density at radius 2 is 2.19 bits per heavy atom. The van der Waals surface area contributed by atoms with E-state index in [1.54, 1.807) is 6.92 Å². The minimum Gasteiger partial charge on any atom is -0.352 e. The van der Waals surface area contributed by atoms with Crippen LogP contribution in [0.25, 0.3) is 0 Å². The van der Waals surface area contributed by atoms with Crippen LogP contribution in [0.2, 0.25) is 0 Å². The normalized spacial score (nSPS) is 11.2. The van der Waals surface area contributed by atoms with Crippen LogP contribution in [0, 0.1) is 6.92 Å². The molecule has 0 fully saturated rings. The van der Waals surface area contributed by atoms with Gasteiger partial charge in [0.1, 0.15) is 12.2 Å². The zero-order valence-corrected chi connectivity index (χ0v) is 9.50. The molecule has 1 heterocycles. The van der Waals surface area contributed by atoms with Crippen molar-refractivity contribution in [2.45, 2.75) is 39.8 Å². The number of aryl methyl sites for hydroxylation is 1. The van der Waals surface area contributed by atoms with E-state index in [0.29, 0.717) is 5.69 Å². The van der Waals surface area contributed by atoms with Gasteiger partial charge in [-0.05, 0) is 26.8 Å². The lowest BCUT2D eigenvalue weighted by Crippen LogP contribution is -2.33. The number of amides is 1. The summed E-state index contributed by atoms with van der Waals surface area (Å²) in [5.41, 5.74) is 0.254. The quantitative estimate of drug-likeness (QED) is 0.856. The van der Waals surface area contributed by atoms with Crippen LogP contribution in [0.4, 0.5) is 8.78 Å². The van der Waals surface area contributed by atoms with Gasteiger partial charge >= 0.3 is 0 Å². The zero-order chi connectivity index (χ0) is 12.3. The number of hydrogen-bond acceptors (Lipinski definition) is 2. The molecule has 0 aromatic carbocycles. The standard InChI is InChI=1S/C10H15F2N3O/c1-6(2)13-9(16)5-15-7(3)4-8(14-15)10(11)12/h4,6,10H,5H2,1-3H3,(H,13,16). The van der Waals surface area contributed by atoms with Crippen LogP contribution in [-0.4, -0.2) is 21.7 Å². The first-order valence-corrected chi connectivity index (χ1v) is 5.02. The fourth-order valence-electron chi connectivity index (χ4n) is 1.31. The maximum Gasteiger partial charge on any atom is 0.282 e. The molecule has 0 saturated carbocycles. The molecule has 1 amide bonds. The third-order valence-electron chi connectivity index (χ3n) is 1.97. The van der Waals surface area contributed by atoms with Gasteiger partial charge in [-0.25, -0.2) is 8.78 Å². The summed E-state index contributed by atoms with van der Waals surface area (Å²) in [7, 11) is 0. The van der Waals surface area contributed by atoms with E-state index in [1.165, 1.54) is 10.7 Å². The Morgan fingerprint density at radius 1 is 1.56 bits per heavy atom. The fourth-order valence-corrected chi connectivity index (χ4v) is 1.31. The van der Waals surface area contributed by atoms with Crippen molar-refractivity contribution < 1.29 is 13.6 Å². The van der Waals surface area contributed by atoms with Gasteiger partial charge in [-0.1, -0.05) is 0 Å². The van der Waals surface area contributed by atoms with Crippen molar-refractivity contribution in [3.05, 3.63) is 17.5 Å². The number of alkyl halides is 2. The van der Waals surface area contributed by atoms with Crippen LogP contribution in [0.3, 0.4) is 0 Å². The van der Waals surface area contributed by atoms with E-state index in [4.69, 9.17) is 0 Å². The molecule has 90 valence electrons. The molecule has 6 heteroatoms. The summed E-state index contributed by atoms with van der Waals surface area (Å²) in [6, 6.07) is 1.31. The Labute approximate surface area is 92.6 Å². The smallest absolute Gasteiger partial charge is 0.282 e. The SMILES string of the molecule is Cc1cc(C(F)F)nn1CC(=O)NC(C)C. The Bertz CT molecular complexity index is 374. The highest BCUT2D eigenvalue weighted by atomic mass is 19.3. The highest BCUT2D eigenvalue weighted by Crippen LogP contribution is 2.17. The number of aromatic nitrogens is 2. The van der Waals surface area contributed by atoms with Gasteiger partial charge in [-0.2, -0.15) is 5.10 Å². The van der Waals surface area contributed by atoms with Gasteiger partial charge < -0.3 is 5.32 Å². The Kier molecular flexibility index (Phi) is 3.98. The summed E-state index contributed by atoms with van der Waals surface area (Å²) in [5, 5.41) is 6.33. The van der Waals surface area contributed by atoms with E-state index in [0.717, 1.165) is 0 Å². The highest BCUT2D eigenvalue weighted by molar-refractivity contribution is 5.75. The summed E-state index contributed by atoms with van der Waals surface area (Å²) in [5.74, 6) is -0.234. The number of nitrogens with one attached hydrogen (secondary N) is 1. The molecular weight excluding hydrogens is 216 g/mol. The molecule has 1 aromatic rings. The molecule has 0 radical (unpaired) electrons. The second-order valence-corrected chi connectivity index (χ2v) is 3.89. The molecule has 0 spiro atoms. The molecule has 1 N–H and O–H groups in total. The summed E-state index contributed by atoms with van der Waals surface area (Å²) in [4.78, 5) is 11.4.